The zero-order chi connectivity index (χ0) is 29.1. The predicted octanol–water partition coefficient (Wildman–Crippen LogP) is 6.15. The molecule has 0 atom stereocenters. The van der Waals surface area contributed by atoms with Gasteiger partial charge in [-0.3, -0.25) is 19.1 Å². The van der Waals surface area contributed by atoms with Gasteiger partial charge in [0.1, 0.15) is 11.3 Å². The van der Waals surface area contributed by atoms with Gasteiger partial charge < -0.3 is 10.2 Å². The van der Waals surface area contributed by atoms with Crippen LogP contribution in [0.25, 0.3) is 33.3 Å². The molecule has 1 N–H and O–H groups in total. The van der Waals surface area contributed by atoms with Gasteiger partial charge in [0, 0.05) is 59.6 Å². The van der Waals surface area contributed by atoms with E-state index in [-0.39, 0.29) is 11.3 Å². The van der Waals surface area contributed by atoms with Crippen molar-refractivity contribution in [1.29, 1.82) is 0 Å². The largest absolute Gasteiger partial charge is 0.324 e. The second-order valence-electron chi connectivity index (χ2n) is 10.2. The van der Waals surface area contributed by atoms with Crippen molar-refractivity contribution in [2.45, 2.75) is 19.8 Å². The fourth-order valence-electron chi connectivity index (χ4n) is 4.59. The first-order valence-electron chi connectivity index (χ1n) is 13.4. The van der Waals surface area contributed by atoms with Crippen LogP contribution in [0.5, 0.6) is 0 Å². The van der Waals surface area contributed by atoms with Crippen molar-refractivity contribution in [3.63, 3.8) is 0 Å². The quantitative estimate of drug-likeness (QED) is 0.214. The van der Waals surface area contributed by atoms with Gasteiger partial charge in [-0.25, -0.2) is 4.98 Å². The molecule has 9 heteroatoms. The molecule has 5 aromatic rings. The monoisotopic (exact) mass is 566 g/mol. The third-order valence-corrected chi connectivity index (χ3v) is 7.28. The van der Waals surface area contributed by atoms with Gasteiger partial charge in [-0.15, -0.1) is 0 Å². The van der Waals surface area contributed by atoms with E-state index in [9.17, 15) is 9.59 Å². The summed E-state index contributed by atoms with van der Waals surface area (Å²) in [6, 6.07) is 19.0. The van der Waals surface area contributed by atoms with Gasteiger partial charge in [-0.2, -0.15) is 4.98 Å². The summed E-state index contributed by atoms with van der Waals surface area (Å²) in [5.74, 6) is 0.380. The van der Waals surface area contributed by atoms with Crippen LogP contribution < -0.4 is 10.9 Å². The van der Waals surface area contributed by atoms with Crippen molar-refractivity contribution in [3.05, 3.63) is 99.7 Å². The Kier molecular flexibility index (Phi) is 8.23. The number of aryl methyl sites for hydroxylation is 1. The number of benzene rings is 2. The summed E-state index contributed by atoms with van der Waals surface area (Å²) < 4.78 is 1.51. The van der Waals surface area contributed by atoms with E-state index in [0.717, 1.165) is 29.8 Å². The first-order valence-corrected chi connectivity index (χ1v) is 13.8. The van der Waals surface area contributed by atoms with Crippen LogP contribution in [0, 0.1) is 0 Å². The standard InChI is InChI=1S/C32H31ClN6O2/c1-5-29(40)28-18-22(12-14-34-28)21-8-11-25(27(33)17-21)26-16-23-19-35-32(37-30(23)39(4)31(26)41)36-24-9-6-20(7-10-24)13-15-38(2)3/h6-12,14,16-19H,5,13,15H2,1-4H3,(H,35,36,37). The SMILES string of the molecule is CCC(=O)c1cc(-c2ccc(-c3cc4cnc(Nc5ccc(CCN(C)C)cc5)nc4n(C)c3=O)c(Cl)c2)ccn1. The Balaban J connectivity index is 1.42. The van der Waals surface area contributed by atoms with Crippen molar-refractivity contribution < 1.29 is 4.79 Å². The zero-order valence-electron chi connectivity index (χ0n) is 23.5. The molecule has 8 nitrogen and oxygen atoms in total. The predicted molar refractivity (Wildman–Crippen MR) is 165 cm³/mol. The number of nitrogens with one attached hydrogen (secondary N) is 1. The molecule has 0 fully saturated rings. The molecule has 0 saturated heterocycles. The lowest BCUT2D eigenvalue weighted by atomic mass is 10.00. The Bertz CT molecular complexity index is 1800. The number of hydrogen-bond acceptors (Lipinski definition) is 7. The highest BCUT2D eigenvalue weighted by atomic mass is 35.5. The number of fused-ring (bicyclic) bond motifs is 1. The molecule has 0 saturated carbocycles. The van der Waals surface area contributed by atoms with Crippen LogP contribution in [0.3, 0.4) is 0 Å². The van der Waals surface area contributed by atoms with E-state index in [1.807, 2.05) is 30.3 Å². The van der Waals surface area contributed by atoms with Crippen LogP contribution in [0.15, 0.2) is 77.9 Å². The zero-order valence-corrected chi connectivity index (χ0v) is 24.2. The van der Waals surface area contributed by atoms with Crippen LogP contribution in [0.4, 0.5) is 11.6 Å². The summed E-state index contributed by atoms with van der Waals surface area (Å²) in [4.78, 5) is 41.0. The molecule has 0 bridgehead atoms. The molecule has 3 heterocycles. The number of nitrogens with zero attached hydrogens (tertiary/aromatic N) is 5. The number of carbonyl (C=O) groups excluding carboxylic acids is 1. The summed E-state index contributed by atoms with van der Waals surface area (Å²) in [6.45, 7) is 2.79. The smallest absolute Gasteiger partial charge is 0.259 e. The molecule has 0 radical (unpaired) electrons. The van der Waals surface area contributed by atoms with Crippen LogP contribution >= 0.6 is 11.6 Å². The Hall–Kier alpha value is -4.40. The highest BCUT2D eigenvalue weighted by Crippen LogP contribution is 2.32. The molecule has 0 aliphatic heterocycles. The van der Waals surface area contributed by atoms with E-state index < -0.39 is 0 Å². The van der Waals surface area contributed by atoms with E-state index >= 15 is 0 Å². The molecular weight excluding hydrogens is 536 g/mol. The fourth-order valence-corrected chi connectivity index (χ4v) is 4.88. The maximum atomic E-state index is 13.4. The molecule has 41 heavy (non-hydrogen) atoms. The number of rotatable bonds is 9. The summed E-state index contributed by atoms with van der Waals surface area (Å²) >= 11 is 6.71. The van der Waals surface area contributed by atoms with E-state index in [1.54, 1.807) is 44.6 Å². The van der Waals surface area contributed by atoms with Gasteiger partial charge >= 0.3 is 0 Å². The first kappa shape index (κ1) is 28.1. The number of ketones is 1. The number of carbonyl (C=O) groups is 1. The highest BCUT2D eigenvalue weighted by Gasteiger charge is 2.15. The number of anilines is 2. The lowest BCUT2D eigenvalue weighted by molar-refractivity contribution is 0.0983. The summed E-state index contributed by atoms with van der Waals surface area (Å²) in [7, 11) is 5.81. The molecule has 208 valence electrons. The lowest BCUT2D eigenvalue weighted by Crippen LogP contribution is -2.20. The molecule has 0 unspecified atom stereocenters. The van der Waals surface area contributed by atoms with Crippen LogP contribution in [0.1, 0.15) is 29.4 Å². The number of pyridine rings is 2. The van der Waals surface area contributed by atoms with Crippen LogP contribution in [0.2, 0.25) is 5.02 Å². The van der Waals surface area contributed by atoms with Crippen molar-refractivity contribution in [1.82, 2.24) is 24.4 Å². The molecule has 5 rings (SSSR count). The molecular formula is C32H31ClN6O2. The Morgan fingerprint density at radius 1 is 0.976 bits per heavy atom. The van der Waals surface area contributed by atoms with Gasteiger partial charge in [-0.05, 0) is 73.6 Å². The van der Waals surface area contributed by atoms with Crippen molar-refractivity contribution >= 4 is 40.1 Å². The maximum absolute atomic E-state index is 13.4. The molecule has 2 aromatic carbocycles. The number of halogens is 1. The van der Waals surface area contributed by atoms with Crippen LogP contribution in [-0.2, 0) is 13.5 Å². The van der Waals surface area contributed by atoms with E-state index in [0.29, 0.717) is 45.2 Å². The number of Topliss-reactive ketones (excluding diaryl/α,β-unsaturated/α-hetero) is 1. The minimum atomic E-state index is -0.221. The number of aromatic nitrogens is 4. The van der Waals surface area contributed by atoms with Crippen molar-refractivity contribution in [2.24, 2.45) is 7.05 Å². The minimum Gasteiger partial charge on any atom is -0.324 e. The Morgan fingerprint density at radius 3 is 2.44 bits per heavy atom. The number of hydrogen-bond donors (Lipinski definition) is 1. The van der Waals surface area contributed by atoms with Gasteiger partial charge in [0.05, 0.1) is 0 Å². The third-order valence-electron chi connectivity index (χ3n) is 6.97. The first-order chi connectivity index (χ1) is 19.7. The average Bonchev–Trinajstić information content (AvgIpc) is 2.98. The fraction of sp³-hybridized carbons (Fsp3) is 0.219. The third kappa shape index (κ3) is 6.19. The van der Waals surface area contributed by atoms with Crippen molar-refractivity contribution in [2.75, 3.05) is 26.0 Å². The van der Waals surface area contributed by atoms with Crippen molar-refractivity contribution in [3.8, 4) is 22.3 Å². The summed E-state index contributed by atoms with van der Waals surface area (Å²) in [5.41, 5.74) is 5.54. The van der Waals surface area contributed by atoms with Gasteiger partial charge in [0.2, 0.25) is 5.95 Å². The second kappa shape index (κ2) is 12.0. The Labute approximate surface area is 243 Å². The van der Waals surface area contributed by atoms with E-state index in [2.05, 4.69) is 51.4 Å². The van der Waals surface area contributed by atoms with Gasteiger partial charge in [0.15, 0.2) is 5.78 Å². The minimum absolute atomic E-state index is 0.0247. The van der Waals surface area contributed by atoms with Gasteiger partial charge in [-0.1, -0.05) is 42.8 Å². The number of likely N-dealkylation sites (N-methyl/N-ethyl adjacent to an activating group) is 1. The Morgan fingerprint density at radius 2 is 1.73 bits per heavy atom. The molecule has 0 aliphatic rings. The molecule has 3 aromatic heterocycles. The van der Waals surface area contributed by atoms with E-state index in [4.69, 9.17) is 11.6 Å². The maximum Gasteiger partial charge on any atom is 0.259 e. The summed E-state index contributed by atoms with van der Waals surface area (Å²) in [5, 5.41) is 4.37. The highest BCUT2D eigenvalue weighted by molar-refractivity contribution is 6.33. The summed E-state index contributed by atoms with van der Waals surface area (Å²) in [6.07, 6.45) is 4.67. The van der Waals surface area contributed by atoms with Gasteiger partial charge in [0.25, 0.3) is 5.56 Å². The second-order valence-corrected chi connectivity index (χ2v) is 10.6. The molecule has 0 aliphatic carbocycles. The normalized spacial score (nSPS) is 11.3. The van der Waals surface area contributed by atoms with Crippen LogP contribution in [-0.4, -0.2) is 50.8 Å². The average molecular weight is 567 g/mol. The topological polar surface area (TPSA) is 93.0 Å². The lowest BCUT2D eigenvalue weighted by Gasteiger charge is -2.12. The molecule has 0 spiro atoms. The molecule has 0 amide bonds. The van der Waals surface area contributed by atoms with E-state index in [1.165, 1.54) is 10.1 Å².